The zero-order valence-corrected chi connectivity index (χ0v) is 13.0. The van der Waals surface area contributed by atoms with Gasteiger partial charge < -0.3 is 10.1 Å². The van der Waals surface area contributed by atoms with Gasteiger partial charge in [-0.05, 0) is 25.0 Å². The molecule has 0 radical (unpaired) electrons. The molecule has 0 aromatic heterocycles. The quantitative estimate of drug-likeness (QED) is 0.905. The molecule has 4 nitrogen and oxygen atoms in total. The van der Waals surface area contributed by atoms with Crippen LogP contribution < -0.4 is 10.1 Å². The molecular weight excluding hydrogens is 299 g/mol. The topological polar surface area (TPSA) is 62.1 Å². The van der Waals surface area contributed by atoms with Crippen LogP contribution in [0.5, 0.6) is 5.75 Å². The summed E-state index contributed by atoms with van der Waals surface area (Å²) in [5, 5.41) is 12.5. The lowest BCUT2D eigenvalue weighted by Crippen LogP contribution is -2.50. The normalized spacial score (nSPS) is 13.4. The minimum absolute atomic E-state index is 0.0126. The van der Waals surface area contributed by atoms with Crippen molar-refractivity contribution in [3.05, 3.63) is 28.2 Å². The summed E-state index contributed by atoms with van der Waals surface area (Å²) >= 11 is 11.6. The Kier molecular flexibility index (Phi) is 5.67. The number of rotatable bonds is 5. The number of nitrogens with one attached hydrogen (secondary N) is 1. The van der Waals surface area contributed by atoms with Crippen LogP contribution in [0.3, 0.4) is 0 Å². The summed E-state index contributed by atoms with van der Waals surface area (Å²) in [5.41, 5.74) is -0.919. The number of benzene rings is 1. The minimum Gasteiger partial charge on any atom is -0.484 e. The van der Waals surface area contributed by atoms with Crippen LogP contribution in [0.4, 0.5) is 0 Å². The largest absolute Gasteiger partial charge is 0.484 e. The third-order valence-electron chi connectivity index (χ3n) is 3.05. The molecule has 0 aliphatic carbocycles. The third kappa shape index (κ3) is 4.29. The average molecular weight is 315 g/mol. The third-order valence-corrected chi connectivity index (χ3v) is 3.79. The summed E-state index contributed by atoms with van der Waals surface area (Å²) in [6, 6.07) is 6.83. The van der Waals surface area contributed by atoms with Crippen molar-refractivity contribution in [1.82, 2.24) is 5.32 Å². The van der Waals surface area contributed by atoms with Gasteiger partial charge in [-0.1, -0.05) is 37.0 Å². The number of carbonyl (C=O) groups excluding carboxylic acids is 1. The molecule has 0 spiro atoms. The van der Waals surface area contributed by atoms with Gasteiger partial charge in [0.05, 0.1) is 16.1 Å². The number of halogens is 2. The van der Waals surface area contributed by atoms with E-state index in [1.54, 1.807) is 19.1 Å². The van der Waals surface area contributed by atoms with Crippen LogP contribution >= 0.6 is 23.2 Å². The predicted octanol–water partition coefficient (Wildman–Crippen LogP) is 3.43. The van der Waals surface area contributed by atoms with Gasteiger partial charge in [0.15, 0.2) is 6.61 Å². The van der Waals surface area contributed by atoms with E-state index < -0.39 is 5.54 Å². The van der Waals surface area contributed by atoms with Crippen LogP contribution in [0.25, 0.3) is 0 Å². The van der Waals surface area contributed by atoms with Crippen LogP contribution in [-0.4, -0.2) is 18.1 Å². The lowest BCUT2D eigenvalue weighted by atomic mass is 9.90. The van der Waals surface area contributed by atoms with E-state index in [0.717, 1.165) is 0 Å². The average Bonchev–Trinajstić information content (AvgIpc) is 2.39. The fourth-order valence-electron chi connectivity index (χ4n) is 1.34. The van der Waals surface area contributed by atoms with Crippen LogP contribution in [0.2, 0.25) is 10.0 Å². The zero-order chi connectivity index (χ0) is 15.3. The Balaban J connectivity index is 2.60. The highest BCUT2D eigenvalue weighted by atomic mass is 35.5. The first-order chi connectivity index (χ1) is 9.28. The van der Waals surface area contributed by atoms with Crippen molar-refractivity contribution in [3.63, 3.8) is 0 Å². The van der Waals surface area contributed by atoms with Gasteiger partial charge in [-0.25, -0.2) is 0 Å². The van der Waals surface area contributed by atoms with Crippen molar-refractivity contribution in [2.75, 3.05) is 6.61 Å². The van der Waals surface area contributed by atoms with Crippen molar-refractivity contribution >= 4 is 29.1 Å². The van der Waals surface area contributed by atoms with Gasteiger partial charge in [0.25, 0.3) is 5.91 Å². The van der Waals surface area contributed by atoms with Crippen molar-refractivity contribution in [3.8, 4) is 11.8 Å². The van der Waals surface area contributed by atoms with Crippen LogP contribution in [0.15, 0.2) is 18.2 Å². The van der Waals surface area contributed by atoms with Crippen LogP contribution in [0, 0.1) is 17.2 Å². The Labute approximate surface area is 128 Å². The summed E-state index contributed by atoms with van der Waals surface area (Å²) < 4.78 is 5.31. The van der Waals surface area contributed by atoms with E-state index in [2.05, 4.69) is 11.4 Å². The number of ether oxygens (including phenoxy) is 1. The second-order valence-electron chi connectivity index (χ2n) is 4.88. The summed E-state index contributed by atoms with van der Waals surface area (Å²) in [7, 11) is 0. The number of hydrogen-bond donors (Lipinski definition) is 1. The van der Waals surface area contributed by atoms with Crippen molar-refractivity contribution < 1.29 is 9.53 Å². The van der Waals surface area contributed by atoms with E-state index in [-0.39, 0.29) is 18.4 Å². The van der Waals surface area contributed by atoms with Crippen LogP contribution in [0.1, 0.15) is 20.8 Å². The number of carbonyl (C=O) groups is 1. The first-order valence-corrected chi connectivity index (χ1v) is 6.84. The Morgan fingerprint density at radius 2 is 2.10 bits per heavy atom. The lowest BCUT2D eigenvalue weighted by Gasteiger charge is -2.27. The molecule has 1 N–H and O–H groups in total. The number of hydrogen-bond acceptors (Lipinski definition) is 3. The molecule has 1 aromatic carbocycles. The molecule has 0 aliphatic heterocycles. The maximum atomic E-state index is 11.8. The molecule has 6 heteroatoms. The summed E-state index contributed by atoms with van der Waals surface area (Å²) in [6.07, 6.45) is 0. The number of nitriles is 1. The van der Waals surface area contributed by atoms with E-state index in [9.17, 15) is 4.79 Å². The molecule has 0 saturated heterocycles. The SMILES string of the molecule is CC(C)C(C)(C#N)NC(=O)COc1ccc(Cl)c(Cl)c1. The smallest absolute Gasteiger partial charge is 0.259 e. The molecule has 0 heterocycles. The number of amides is 1. The molecule has 0 saturated carbocycles. The standard InChI is InChI=1S/C14H16Cl2N2O2/c1-9(2)14(3,8-17)18-13(19)7-20-10-4-5-11(15)12(16)6-10/h4-6,9H,7H2,1-3H3,(H,18,19). The van der Waals surface area contributed by atoms with Gasteiger partial charge in [0, 0.05) is 6.07 Å². The molecule has 108 valence electrons. The second-order valence-corrected chi connectivity index (χ2v) is 5.70. The molecule has 1 amide bonds. The van der Waals surface area contributed by atoms with Gasteiger partial charge in [-0.3, -0.25) is 4.79 Å². The highest BCUT2D eigenvalue weighted by molar-refractivity contribution is 6.42. The predicted molar refractivity (Wildman–Crippen MR) is 79.0 cm³/mol. The lowest BCUT2D eigenvalue weighted by molar-refractivity contribution is -0.124. The fourth-order valence-corrected chi connectivity index (χ4v) is 1.63. The molecule has 0 fully saturated rings. The fraction of sp³-hybridized carbons (Fsp3) is 0.429. The minimum atomic E-state index is -0.919. The van der Waals surface area contributed by atoms with Crippen LogP contribution in [-0.2, 0) is 4.79 Å². The Morgan fingerprint density at radius 3 is 2.60 bits per heavy atom. The maximum Gasteiger partial charge on any atom is 0.259 e. The van der Waals surface area contributed by atoms with E-state index in [1.165, 1.54) is 6.07 Å². The van der Waals surface area contributed by atoms with Gasteiger partial charge >= 0.3 is 0 Å². The van der Waals surface area contributed by atoms with Crippen molar-refractivity contribution in [1.29, 1.82) is 5.26 Å². The second kappa shape index (κ2) is 6.83. The summed E-state index contributed by atoms with van der Waals surface area (Å²) in [4.78, 5) is 11.8. The Morgan fingerprint density at radius 1 is 1.45 bits per heavy atom. The summed E-state index contributed by atoms with van der Waals surface area (Å²) in [6.45, 7) is 5.21. The molecule has 1 aromatic rings. The molecule has 1 atom stereocenters. The van der Waals surface area contributed by atoms with Crippen molar-refractivity contribution in [2.24, 2.45) is 5.92 Å². The summed E-state index contributed by atoms with van der Waals surface area (Å²) in [5.74, 6) is 0.0630. The van der Waals surface area contributed by atoms with Gasteiger partial charge in [0.1, 0.15) is 11.3 Å². The van der Waals surface area contributed by atoms with E-state index in [4.69, 9.17) is 33.2 Å². The first-order valence-electron chi connectivity index (χ1n) is 6.08. The monoisotopic (exact) mass is 314 g/mol. The molecular formula is C14H16Cl2N2O2. The molecule has 0 bridgehead atoms. The Bertz CT molecular complexity index is 540. The van der Waals surface area contributed by atoms with Gasteiger partial charge in [-0.15, -0.1) is 0 Å². The molecule has 0 aliphatic rings. The Hall–Kier alpha value is -1.44. The highest BCUT2D eigenvalue weighted by Crippen LogP contribution is 2.26. The number of nitrogens with zero attached hydrogens (tertiary/aromatic N) is 1. The van der Waals surface area contributed by atoms with E-state index >= 15 is 0 Å². The highest BCUT2D eigenvalue weighted by Gasteiger charge is 2.29. The molecule has 20 heavy (non-hydrogen) atoms. The van der Waals surface area contributed by atoms with Crippen molar-refractivity contribution in [2.45, 2.75) is 26.3 Å². The van der Waals surface area contributed by atoms with Gasteiger partial charge in [0.2, 0.25) is 0 Å². The first kappa shape index (κ1) is 16.6. The van der Waals surface area contributed by atoms with E-state index in [0.29, 0.717) is 15.8 Å². The molecule has 1 unspecified atom stereocenters. The maximum absolute atomic E-state index is 11.8. The van der Waals surface area contributed by atoms with Gasteiger partial charge in [-0.2, -0.15) is 5.26 Å². The van der Waals surface area contributed by atoms with E-state index in [1.807, 2.05) is 13.8 Å². The molecule has 1 rings (SSSR count). The zero-order valence-electron chi connectivity index (χ0n) is 11.5.